The fourth-order valence-electron chi connectivity index (χ4n) is 7.07. The number of carboxylic acids is 1. The number of hydrogen-bond acceptors (Lipinski definition) is 7. The van der Waals surface area contributed by atoms with Crippen LogP contribution >= 0.6 is 11.6 Å². The third-order valence-electron chi connectivity index (χ3n) is 9.62. The van der Waals surface area contributed by atoms with Gasteiger partial charge in [-0.3, -0.25) is 4.90 Å². The number of nitrogens with one attached hydrogen (secondary N) is 1. The highest BCUT2D eigenvalue weighted by Gasteiger charge is 2.56. The van der Waals surface area contributed by atoms with Gasteiger partial charge in [-0.2, -0.15) is 4.39 Å². The second-order valence-corrected chi connectivity index (χ2v) is 12.4. The summed E-state index contributed by atoms with van der Waals surface area (Å²) in [5.74, 6) is -1.27. The second kappa shape index (κ2) is 11.8. The zero-order chi connectivity index (χ0) is 31.3. The number of furan rings is 1. The number of para-hydroxylation sites is 3. The normalized spacial score (nSPS) is 22.6. The Bertz CT molecular complexity index is 1740. The molecule has 0 spiro atoms. The van der Waals surface area contributed by atoms with Crippen molar-refractivity contribution in [3.8, 4) is 5.75 Å². The van der Waals surface area contributed by atoms with Gasteiger partial charge in [-0.1, -0.05) is 41.9 Å². The van der Waals surface area contributed by atoms with Crippen LogP contribution in [-0.4, -0.2) is 60.0 Å². The summed E-state index contributed by atoms with van der Waals surface area (Å²) in [6.45, 7) is 4.33. The highest BCUT2D eigenvalue weighted by molar-refractivity contribution is 6.35. The number of fused-ring (bicyclic) bond motifs is 2. The van der Waals surface area contributed by atoms with Crippen molar-refractivity contribution < 1.29 is 32.6 Å². The Kier molecular flexibility index (Phi) is 7.83. The first kappa shape index (κ1) is 29.8. The van der Waals surface area contributed by atoms with Gasteiger partial charge in [0.1, 0.15) is 12.2 Å². The monoisotopic (exact) mass is 637 g/mol. The van der Waals surface area contributed by atoms with E-state index >= 15 is 4.39 Å². The minimum Gasteiger partial charge on any atom is -0.485 e. The third-order valence-corrected chi connectivity index (χ3v) is 9.95. The van der Waals surface area contributed by atoms with E-state index in [0.29, 0.717) is 55.1 Å². The molecule has 8 nitrogen and oxygen atoms in total. The Morgan fingerprint density at radius 3 is 2.64 bits per heavy atom. The van der Waals surface area contributed by atoms with Gasteiger partial charge in [-0.25, -0.2) is 9.18 Å². The molecule has 2 N–H and O–H groups in total. The van der Waals surface area contributed by atoms with E-state index in [1.807, 2.05) is 42.2 Å². The Labute approximate surface area is 264 Å². The summed E-state index contributed by atoms with van der Waals surface area (Å²) < 4.78 is 46.1. The number of aliphatic carboxylic acids is 1. The Balaban J connectivity index is 1.09. The Morgan fingerprint density at radius 2 is 1.91 bits per heavy atom. The smallest absolute Gasteiger partial charge is 0.352 e. The summed E-state index contributed by atoms with van der Waals surface area (Å²) in [5, 5.41) is 14.9. The number of rotatable bonds is 9. The summed E-state index contributed by atoms with van der Waals surface area (Å²) >= 11 is 6.20. The first-order valence-corrected chi connectivity index (χ1v) is 15.7. The van der Waals surface area contributed by atoms with Crippen molar-refractivity contribution in [3.05, 3.63) is 88.6 Å². The van der Waals surface area contributed by atoms with E-state index in [1.54, 1.807) is 18.2 Å². The highest BCUT2D eigenvalue weighted by Crippen LogP contribution is 2.45. The van der Waals surface area contributed by atoms with E-state index in [9.17, 15) is 14.3 Å². The molecule has 11 heteroatoms. The van der Waals surface area contributed by atoms with E-state index in [0.717, 1.165) is 23.4 Å². The average molecular weight is 638 g/mol. The van der Waals surface area contributed by atoms with Crippen LogP contribution in [0.3, 0.4) is 0 Å². The molecule has 1 aromatic heterocycles. The molecule has 3 atom stereocenters. The minimum absolute atomic E-state index is 0.000522. The fraction of sp³-hybridized carbons (Fsp3) is 0.382. The van der Waals surface area contributed by atoms with Gasteiger partial charge in [0, 0.05) is 35.7 Å². The number of halogens is 3. The van der Waals surface area contributed by atoms with Crippen LogP contribution in [0.2, 0.25) is 5.02 Å². The summed E-state index contributed by atoms with van der Waals surface area (Å²) in [5.41, 5.74) is 1.84. The molecule has 7 rings (SSSR count). The lowest BCUT2D eigenvalue weighted by Crippen LogP contribution is -2.69. The number of anilines is 2. The van der Waals surface area contributed by atoms with Crippen LogP contribution in [0.4, 0.5) is 20.2 Å². The van der Waals surface area contributed by atoms with Gasteiger partial charge in [0.05, 0.1) is 28.5 Å². The molecule has 3 aliphatic heterocycles. The number of hydrogen-bond donors (Lipinski definition) is 2. The van der Waals surface area contributed by atoms with Crippen molar-refractivity contribution in [1.82, 2.24) is 4.90 Å². The molecule has 2 saturated heterocycles. The van der Waals surface area contributed by atoms with Crippen molar-refractivity contribution >= 4 is 39.9 Å². The van der Waals surface area contributed by atoms with Gasteiger partial charge < -0.3 is 29.2 Å². The maximum absolute atomic E-state index is 15.2. The summed E-state index contributed by atoms with van der Waals surface area (Å²) in [6.07, 6.45) is 2.25. The predicted octanol–water partition coefficient (Wildman–Crippen LogP) is 7.01. The number of nitrogens with zero attached hydrogens (tertiary/aromatic N) is 2. The lowest BCUT2D eigenvalue weighted by molar-refractivity contribution is -0.145. The topological polar surface area (TPSA) is 87.4 Å². The number of carboxylic acid groups (broad SMARTS) is 1. The summed E-state index contributed by atoms with van der Waals surface area (Å²) in [4.78, 5) is 17.3. The van der Waals surface area contributed by atoms with E-state index in [-0.39, 0.29) is 30.0 Å². The molecule has 45 heavy (non-hydrogen) atoms. The molecular weight excluding hydrogens is 604 g/mol. The SMILES string of the molecule is C[C@H](N1CCC(c2cccc(F)c2OCc2ccc(Cl)c3cc(F)oc23)CC1)C1(C(=O)O)Nc2ccccc2N1C[C@@H]1CCO1. The van der Waals surface area contributed by atoms with Crippen LogP contribution in [0, 0.1) is 11.8 Å². The predicted molar refractivity (Wildman–Crippen MR) is 167 cm³/mol. The van der Waals surface area contributed by atoms with Crippen molar-refractivity contribution in [2.45, 2.75) is 56.5 Å². The summed E-state index contributed by atoms with van der Waals surface area (Å²) in [7, 11) is 0. The molecule has 1 unspecified atom stereocenters. The average Bonchev–Trinajstić information content (AvgIpc) is 3.58. The van der Waals surface area contributed by atoms with Crippen LogP contribution < -0.4 is 15.0 Å². The molecule has 236 valence electrons. The Morgan fingerprint density at radius 1 is 1.13 bits per heavy atom. The van der Waals surface area contributed by atoms with Gasteiger partial charge in [0.25, 0.3) is 6.01 Å². The first-order chi connectivity index (χ1) is 21.8. The highest BCUT2D eigenvalue weighted by atomic mass is 35.5. The van der Waals surface area contributed by atoms with E-state index in [1.165, 1.54) is 12.1 Å². The molecule has 0 saturated carbocycles. The van der Waals surface area contributed by atoms with Crippen molar-refractivity contribution in [1.29, 1.82) is 0 Å². The third kappa shape index (κ3) is 5.18. The van der Waals surface area contributed by atoms with Gasteiger partial charge in [0.15, 0.2) is 11.6 Å². The van der Waals surface area contributed by atoms with E-state index < -0.39 is 29.5 Å². The van der Waals surface area contributed by atoms with Gasteiger partial charge >= 0.3 is 5.97 Å². The lowest BCUT2D eigenvalue weighted by atomic mass is 9.86. The van der Waals surface area contributed by atoms with Crippen molar-refractivity contribution in [2.24, 2.45) is 0 Å². The number of likely N-dealkylation sites (tertiary alicyclic amines) is 1. The molecule has 0 bridgehead atoms. The molecule has 0 aliphatic carbocycles. The first-order valence-electron chi connectivity index (χ1n) is 15.3. The molecule has 4 heterocycles. The molecule has 2 fully saturated rings. The van der Waals surface area contributed by atoms with Crippen LogP contribution in [0.15, 0.2) is 65.1 Å². The van der Waals surface area contributed by atoms with Crippen LogP contribution in [0.5, 0.6) is 5.75 Å². The fourth-order valence-corrected chi connectivity index (χ4v) is 7.27. The number of benzene rings is 3. The molecule has 4 aromatic rings. The zero-order valence-electron chi connectivity index (χ0n) is 24.8. The lowest BCUT2D eigenvalue weighted by Gasteiger charge is -2.48. The second-order valence-electron chi connectivity index (χ2n) is 12.0. The summed E-state index contributed by atoms with van der Waals surface area (Å²) in [6, 6.07) is 16.0. The van der Waals surface area contributed by atoms with Gasteiger partial charge in [-0.15, -0.1) is 0 Å². The maximum atomic E-state index is 15.2. The molecule has 3 aromatic carbocycles. The zero-order valence-corrected chi connectivity index (χ0v) is 25.5. The number of ether oxygens (including phenoxy) is 2. The van der Waals surface area contributed by atoms with Crippen molar-refractivity contribution in [2.75, 3.05) is 36.5 Å². The van der Waals surface area contributed by atoms with E-state index in [4.69, 9.17) is 25.5 Å². The largest absolute Gasteiger partial charge is 0.485 e. The standard InChI is InChI=1S/C34H34ClF2N3O5/c1-20(34(33(41)42)38-28-7-2-3-8-29(28)40(34)18-23-13-16-43-23)39-14-11-21(12-15-39)24-5-4-6-27(36)32(24)44-19-22-9-10-26(35)25-17-30(37)45-31(22)25/h2-10,17,20-21,23,38H,11-16,18-19H2,1H3,(H,41,42)/t20-,23-,34?/m0/s1. The Hall–Kier alpha value is -3.86. The minimum atomic E-state index is -1.38. The van der Waals surface area contributed by atoms with E-state index in [2.05, 4.69) is 10.2 Å². The van der Waals surface area contributed by atoms with Gasteiger partial charge in [-0.05, 0) is 69.5 Å². The number of carbonyl (C=O) groups is 1. The number of piperidine rings is 1. The van der Waals surface area contributed by atoms with Crippen LogP contribution in [0.1, 0.15) is 43.2 Å². The molecule has 3 aliphatic rings. The van der Waals surface area contributed by atoms with Gasteiger partial charge in [0.2, 0.25) is 5.66 Å². The van der Waals surface area contributed by atoms with Crippen LogP contribution in [-0.2, 0) is 16.1 Å². The molecule has 0 amide bonds. The molecule has 0 radical (unpaired) electrons. The molecular formula is C34H34ClF2N3O5. The maximum Gasteiger partial charge on any atom is 0.352 e. The van der Waals surface area contributed by atoms with Crippen LogP contribution in [0.25, 0.3) is 11.0 Å². The quantitative estimate of drug-likeness (QED) is 0.203. The van der Waals surface area contributed by atoms with Crippen molar-refractivity contribution in [3.63, 3.8) is 0 Å².